The second kappa shape index (κ2) is 6.71. The first-order chi connectivity index (χ1) is 11.4. The highest BCUT2D eigenvalue weighted by Gasteiger charge is 2.32. The summed E-state index contributed by atoms with van der Waals surface area (Å²) in [4.78, 5) is 23.2. The lowest BCUT2D eigenvalue weighted by atomic mass is 9.98. The molecule has 1 saturated heterocycles. The molecule has 0 aromatic heterocycles. The number of benzene rings is 1. The Hall–Kier alpha value is -2.24. The van der Waals surface area contributed by atoms with Crippen molar-refractivity contribution >= 4 is 11.8 Å². The molecule has 1 aromatic rings. The number of carbonyl (C=O) groups excluding carboxylic acids is 2. The highest BCUT2D eigenvalue weighted by molar-refractivity contribution is 5.83. The Morgan fingerprint density at radius 3 is 3.04 bits per heavy atom. The van der Waals surface area contributed by atoms with Crippen molar-refractivity contribution in [2.45, 2.75) is 38.7 Å². The van der Waals surface area contributed by atoms with Crippen LogP contribution in [0.3, 0.4) is 0 Å². The van der Waals surface area contributed by atoms with Crippen molar-refractivity contribution in [2.75, 3.05) is 19.7 Å². The zero-order chi connectivity index (χ0) is 17.2. The van der Waals surface area contributed by atoms with Gasteiger partial charge in [0, 0.05) is 24.9 Å². The first kappa shape index (κ1) is 16.6. The van der Waals surface area contributed by atoms with Gasteiger partial charge in [0.15, 0.2) is 11.5 Å². The van der Waals surface area contributed by atoms with Gasteiger partial charge in [0.05, 0.1) is 12.5 Å². The van der Waals surface area contributed by atoms with Crippen molar-refractivity contribution in [3.63, 3.8) is 0 Å². The van der Waals surface area contributed by atoms with Gasteiger partial charge in [0.1, 0.15) is 12.2 Å². The fraction of sp³-hybridized carbons (Fsp3) is 0.556. The fourth-order valence-electron chi connectivity index (χ4n) is 3.14. The maximum absolute atomic E-state index is 12.0. The van der Waals surface area contributed by atoms with E-state index in [-0.39, 0.29) is 23.3 Å². The summed E-state index contributed by atoms with van der Waals surface area (Å²) in [5.74, 6) is 1.37. The van der Waals surface area contributed by atoms with Crippen LogP contribution in [0.5, 0.6) is 11.5 Å². The monoisotopic (exact) mass is 332 g/mol. The molecule has 1 fully saturated rings. The Bertz CT molecular complexity index is 632. The van der Waals surface area contributed by atoms with Gasteiger partial charge in [-0.25, -0.2) is 0 Å². The van der Waals surface area contributed by atoms with Gasteiger partial charge in [-0.2, -0.15) is 0 Å². The molecule has 0 saturated carbocycles. The largest absolute Gasteiger partial charge is 0.488 e. The number of nitrogens with one attached hydrogen (secondary N) is 2. The van der Waals surface area contributed by atoms with Crippen LogP contribution in [-0.2, 0) is 16.0 Å². The Balaban J connectivity index is 1.46. The average molecular weight is 332 g/mol. The van der Waals surface area contributed by atoms with Crippen LogP contribution in [-0.4, -0.2) is 37.1 Å². The van der Waals surface area contributed by atoms with E-state index in [9.17, 15) is 9.59 Å². The van der Waals surface area contributed by atoms with E-state index < -0.39 is 0 Å². The van der Waals surface area contributed by atoms with Crippen molar-refractivity contribution < 1.29 is 19.1 Å². The normalized spacial score (nSPS) is 21.4. The molecule has 2 amide bonds. The number of hydrogen-bond donors (Lipinski definition) is 2. The van der Waals surface area contributed by atoms with E-state index in [4.69, 9.17) is 9.47 Å². The second-order valence-electron chi connectivity index (χ2n) is 6.96. The molecule has 0 bridgehead atoms. The van der Waals surface area contributed by atoms with Gasteiger partial charge in [-0.15, -0.1) is 0 Å². The average Bonchev–Trinajstić information content (AvgIpc) is 2.86. The number of para-hydroxylation sites is 1. The predicted molar refractivity (Wildman–Crippen MR) is 89.1 cm³/mol. The fourth-order valence-corrected chi connectivity index (χ4v) is 3.14. The molecule has 2 N–H and O–H groups in total. The Morgan fingerprint density at radius 2 is 2.29 bits per heavy atom. The molecule has 0 spiro atoms. The smallest absolute Gasteiger partial charge is 0.225 e. The molecule has 6 heteroatoms. The summed E-state index contributed by atoms with van der Waals surface area (Å²) in [7, 11) is 0. The zero-order valence-electron chi connectivity index (χ0n) is 14.2. The van der Waals surface area contributed by atoms with E-state index in [0.717, 1.165) is 23.5 Å². The Kier molecular flexibility index (Phi) is 4.64. The molecule has 6 nitrogen and oxygen atoms in total. The lowest BCUT2D eigenvalue weighted by Crippen LogP contribution is -2.43. The first-order valence-corrected chi connectivity index (χ1v) is 8.43. The van der Waals surface area contributed by atoms with Crippen LogP contribution in [0.4, 0.5) is 0 Å². The number of piperidine rings is 1. The summed E-state index contributed by atoms with van der Waals surface area (Å²) in [5.41, 5.74) is 0.945. The summed E-state index contributed by atoms with van der Waals surface area (Å²) in [6.45, 7) is 5.34. The van der Waals surface area contributed by atoms with Crippen molar-refractivity contribution in [3.05, 3.63) is 23.8 Å². The highest BCUT2D eigenvalue weighted by Crippen LogP contribution is 2.41. The molecule has 3 rings (SSSR count). The molecule has 0 radical (unpaired) electrons. The molecule has 130 valence electrons. The SMILES string of the molecule is CC1(C)Cc2cccc(OCCNC(=O)[C@@H]3CCC(=O)NC3)c2O1. The van der Waals surface area contributed by atoms with Crippen LogP contribution in [0.25, 0.3) is 0 Å². The summed E-state index contributed by atoms with van der Waals surface area (Å²) < 4.78 is 11.7. The van der Waals surface area contributed by atoms with Gasteiger partial charge < -0.3 is 20.1 Å². The van der Waals surface area contributed by atoms with E-state index in [1.807, 2.05) is 12.1 Å². The van der Waals surface area contributed by atoms with Gasteiger partial charge in [-0.3, -0.25) is 9.59 Å². The molecule has 1 aromatic carbocycles. The number of carbonyl (C=O) groups is 2. The minimum Gasteiger partial charge on any atom is -0.488 e. The number of fused-ring (bicyclic) bond motifs is 1. The van der Waals surface area contributed by atoms with Gasteiger partial charge >= 0.3 is 0 Å². The minimum atomic E-state index is -0.207. The lowest BCUT2D eigenvalue weighted by molar-refractivity contribution is -0.129. The minimum absolute atomic E-state index is 0.0169. The topological polar surface area (TPSA) is 76.7 Å². The molecule has 2 aliphatic rings. The molecule has 0 aliphatic carbocycles. The number of ether oxygens (including phenoxy) is 2. The first-order valence-electron chi connectivity index (χ1n) is 8.43. The third kappa shape index (κ3) is 3.80. The molecule has 24 heavy (non-hydrogen) atoms. The second-order valence-corrected chi connectivity index (χ2v) is 6.96. The molecule has 1 atom stereocenters. The summed E-state index contributed by atoms with van der Waals surface area (Å²) in [6, 6.07) is 5.90. The third-order valence-electron chi connectivity index (χ3n) is 4.35. The van der Waals surface area contributed by atoms with Gasteiger partial charge in [0.2, 0.25) is 11.8 Å². The number of hydrogen-bond acceptors (Lipinski definition) is 4. The van der Waals surface area contributed by atoms with Crippen molar-refractivity contribution in [1.82, 2.24) is 10.6 Å². The predicted octanol–water partition coefficient (Wildman–Crippen LogP) is 1.42. The van der Waals surface area contributed by atoms with Crippen molar-refractivity contribution in [3.8, 4) is 11.5 Å². The summed E-state index contributed by atoms with van der Waals surface area (Å²) in [6.07, 6.45) is 1.88. The summed E-state index contributed by atoms with van der Waals surface area (Å²) in [5, 5.41) is 5.58. The standard InChI is InChI=1S/C18H24N2O4/c1-18(2)10-12-4-3-5-14(16(12)24-18)23-9-8-19-17(22)13-6-7-15(21)20-11-13/h3-5,13H,6-11H2,1-2H3,(H,19,22)(H,20,21)/t13-/m1/s1. The van der Waals surface area contributed by atoms with Crippen LogP contribution in [0, 0.1) is 5.92 Å². The third-order valence-corrected chi connectivity index (χ3v) is 4.35. The van der Waals surface area contributed by atoms with Crippen molar-refractivity contribution in [1.29, 1.82) is 0 Å². The number of rotatable bonds is 5. The Labute approximate surface area is 141 Å². The van der Waals surface area contributed by atoms with E-state index >= 15 is 0 Å². The molecular weight excluding hydrogens is 308 g/mol. The quantitative estimate of drug-likeness (QED) is 0.800. The summed E-state index contributed by atoms with van der Waals surface area (Å²) >= 11 is 0. The molecular formula is C18H24N2O4. The van der Waals surface area contributed by atoms with E-state index in [1.54, 1.807) is 0 Å². The van der Waals surface area contributed by atoms with E-state index in [2.05, 4.69) is 30.5 Å². The van der Waals surface area contributed by atoms with E-state index in [1.165, 1.54) is 0 Å². The van der Waals surface area contributed by atoms with Crippen LogP contribution >= 0.6 is 0 Å². The highest BCUT2D eigenvalue weighted by atomic mass is 16.5. The van der Waals surface area contributed by atoms with E-state index in [0.29, 0.717) is 32.5 Å². The van der Waals surface area contributed by atoms with Crippen LogP contribution in [0.2, 0.25) is 0 Å². The van der Waals surface area contributed by atoms with Crippen LogP contribution in [0.1, 0.15) is 32.3 Å². The Morgan fingerprint density at radius 1 is 1.46 bits per heavy atom. The maximum atomic E-state index is 12.0. The van der Waals surface area contributed by atoms with Crippen LogP contribution < -0.4 is 20.1 Å². The lowest BCUT2D eigenvalue weighted by Gasteiger charge is -2.21. The van der Waals surface area contributed by atoms with Gasteiger partial charge in [-0.05, 0) is 26.3 Å². The zero-order valence-corrected chi connectivity index (χ0v) is 14.2. The molecule has 2 heterocycles. The van der Waals surface area contributed by atoms with Crippen molar-refractivity contribution in [2.24, 2.45) is 5.92 Å². The van der Waals surface area contributed by atoms with Crippen LogP contribution in [0.15, 0.2) is 18.2 Å². The number of amides is 2. The molecule has 2 aliphatic heterocycles. The van der Waals surface area contributed by atoms with Gasteiger partial charge in [-0.1, -0.05) is 12.1 Å². The van der Waals surface area contributed by atoms with Gasteiger partial charge in [0.25, 0.3) is 0 Å². The molecule has 0 unspecified atom stereocenters. The maximum Gasteiger partial charge on any atom is 0.225 e.